The lowest BCUT2D eigenvalue weighted by atomic mass is 9.53. The van der Waals surface area contributed by atoms with E-state index in [0.29, 0.717) is 30.2 Å². The minimum atomic E-state index is -0.240. The fourth-order valence-electron chi connectivity index (χ4n) is 4.74. The third-order valence-electron chi connectivity index (χ3n) is 6.91. The molecule has 4 unspecified atom stereocenters. The molecule has 0 radical (unpaired) electrons. The van der Waals surface area contributed by atoms with Gasteiger partial charge in [-0.05, 0) is 23.7 Å². The summed E-state index contributed by atoms with van der Waals surface area (Å²) >= 11 is 0. The van der Waals surface area contributed by atoms with Crippen molar-refractivity contribution in [2.45, 2.75) is 92.2 Å². The van der Waals surface area contributed by atoms with Crippen molar-refractivity contribution < 1.29 is 0 Å². The predicted octanol–water partition coefficient (Wildman–Crippen LogP) is 4.16. The molecule has 0 aliphatic heterocycles. The predicted molar refractivity (Wildman–Crippen MR) is 105 cm³/mol. The Labute approximate surface area is 146 Å². The van der Waals surface area contributed by atoms with Crippen LogP contribution in [0.15, 0.2) is 0 Å². The number of nitrogens with two attached hydrogens (primary N) is 2. The summed E-state index contributed by atoms with van der Waals surface area (Å²) in [6.45, 7) is 20.1. The molecule has 0 saturated carbocycles. The van der Waals surface area contributed by atoms with Gasteiger partial charge in [-0.25, -0.2) is 0 Å². The van der Waals surface area contributed by atoms with Crippen LogP contribution < -0.4 is 16.8 Å². The normalized spacial score (nSPS) is 22.7. The van der Waals surface area contributed by atoms with Crippen molar-refractivity contribution in [3.63, 3.8) is 0 Å². The molecule has 4 atom stereocenters. The second-order valence-corrected chi connectivity index (χ2v) is 7.75. The quantitative estimate of drug-likeness (QED) is 0.504. The number of hydrogen-bond donors (Lipinski definition) is 3. The first kappa shape index (κ1) is 22.9. The number of hydrogen-bond acceptors (Lipinski definition) is 3. The fourth-order valence-corrected chi connectivity index (χ4v) is 4.74. The highest BCUT2D eigenvalue weighted by Crippen LogP contribution is 2.47. The molecule has 0 aromatic rings. The highest BCUT2D eigenvalue weighted by Gasteiger charge is 2.57. The minimum Gasteiger partial charge on any atom is -0.329 e. The molecule has 0 bridgehead atoms. The summed E-state index contributed by atoms with van der Waals surface area (Å²) in [5.41, 5.74) is 12.9. The molecule has 0 fully saturated rings. The van der Waals surface area contributed by atoms with Crippen molar-refractivity contribution in [1.29, 1.82) is 0 Å². The van der Waals surface area contributed by atoms with Crippen LogP contribution in [0.25, 0.3) is 0 Å². The van der Waals surface area contributed by atoms with Crippen LogP contribution in [0.2, 0.25) is 0 Å². The van der Waals surface area contributed by atoms with Gasteiger partial charge in [0.1, 0.15) is 0 Å². The number of rotatable bonds is 12. The molecule has 5 N–H and O–H groups in total. The Kier molecular flexibility index (Phi) is 9.95. The smallest absolute Gasteiger partial charge is 0.0419 e. The third-order valence-corrected chi connectivity index (χ3v) is 6.91. The maximum absolute atomic E-state index is 7.38. The van der Waals surface area contributed by atoms with E-state index in [4.69, 9.17) is 11.5 Å². The average Bonchev–Trinajstić information content (AvgIpc) is 2.59. The minimum absolute atomic E-state index is 0.0826. The molecular formula is C20H45N3. The van der Waals surface area contributed by atoms with Crippen LogP contribution in [0.3, 0.4) is 0 Å². The van der Waals surface area contributed by atoms with Gasteiger partial charge in [-0.3, -0.25) is 0 Å². The maximum Gasteiger partial charge on any atom is 0.0419 e. The van der Waals surface area contributed by atoms with Gasteiger partial charge in [0.05, 0.1) is 0 Å². The molecule has 3 heteroatoms. The monoisotopic (exact) mass is 327 g/mol. The van der Waals surface area contributed by atoms with Crippen LogP contribution in [-0.2, 0) is 0 Å². The van der Waals surface area contributed by atoms with Gasteiger partial charge in [-0.1, -0.05) is 81.1 Å². The van der Waals surface area contributed by atoms with E-state index in [2.05, 4.69) is 60.7 Å². The van der Waals surface area contributed by atoms with E-state index >= 15 is 0 Å². The average molecular weight is 328 g/mol. The SMILES string of the molecule is CCC(C)C(N)(C(C)CC)C(NCCN)(C(C)CC)C(C)CC. The second-order valence-electron chi connectivity index (χ2n) is 7.75. The zero-order valence-electron chi connectivity index (χ0n) is 17.2. The Morgan fingerprint density at radius 1 is 0.739 bits per heavy atom. The zero-order chi connectivity index (χ0) is 18.3. The van der Waals surface area contributed by atoms with Gasteiger partial charge in [0.15, 0.2) is 0 Å². The summed E-state index contributed by atoms with van der Waals surface area (Å²) in [6.07, 6.45) is 4.49. The Morgan fingerprint density at radius 2 is 1.09 bits per heavy atom. The van der Waals surface area contributed by atoms with E-state index < -0.39 is 0 Å². The molecule has 23 heavy (non-hydrogen) atoms. The molecule has 0 aromatic carbocycles. The van der Waals surface area contributed by atoms with Gasteiger partial charge >= 0.3 is 0 Å². The van der Waals surface area contributed by atoms with Crippen LogP contribution in [0.1, 0.15) is 81.1 Å². The molecule has 140 valence electrons. The van der Waals surface area contributed by atoms with Crippen molar-refractivity contribution in [2.75, 3.05) is 13.1 Å². The summed E-state index contributed by atoms with van der Waals surface area (Å²) in [4.78, 5) is 0. The van der Waals surface area contributed by atoms with Crippen LogP contribution in [0, 0.1) is 23.7 Å². The Morgan fingerprint density at radius 3 is 1.35 bits per heavy atom. The van der Waals surface area contributed by atoms with Crippen molar-refractivity contribution >= 4 is 0 Å². The van der Waals surface area contributed by atoms with Crippen molar-refractivity contribution in [2.24, 2.45) is 35.1 Å². The standard InChI is InChI=1S/C20H45N3/c1-9-15(5)19(22,16(6)10-2)20(17(7)11-3,18(8)12-4)23-14-13-21/h15-18,23H,9-14,21-22H2,1-8H3. The summed E-state index contributed by atoms with van der Waals surface area (Å²) in [5, 5.41) is 3.91. The Bertz CT molecular complexity index is 296. The van der Waals surface area contributed by atoms with Crippen molar-refractivity contribution in [3.05, 3.63) is 0 Å². The number of nitrogens with one attached hydrogen (secondary N) is 1. The van der Waals surface area contributed by atoms with E-state index in [9.17, 15) is 0 Å². The zero-order valence-corrected chi connectivity index (χ0v) is 17.2. The van der Waals surface area contributed by atoms with Crippen LogP contribution in [0.5, 0.6) is 0 Å². The molecule has 0 spiro atoms. The second kappa shape index (κ2) is 10.0. The van der Waals surface area contributed by atoms with Gasteiger partial charge in [0.25, 0.3) is 0 Å². The third kappa shape index (κ3) is 4.11. The largest absolute Gasteiger partial charge is 0.329 e. The van der Waals surface area contributed by atoms with E-state index in [-0.39, 0.29) is 11.1 Å². The summed E-state index contributed by atoms with van der Waals surface area (Å²) in [5.74, 6) is 1.95. The Balaban J connectivity index is 6.38. The first-order valence-electron chi connectivity index (χ1n) is 9.98. The first-order valence-corrected chi connectivity index (χ1v) is 9.98. The lowest BCUT2D eigenvalue weighted by Gasteiger charge is -2.61. The first-order chi connectivity index (χ1) is 10.7. The van der Waals surface area contributed by atoms with E-state index in [1.54, 1.807) is 0 Å². The maximum atomic E-state index is 7.38. The van der Waals surface area contributed by atoms with Crippen molar-refractivity contribution in [3.8, 4) is 0 Å². The molecule has 3 nitrogen and oxygen atoms in total. The van der Waals surface area contributed by atoms with Gasteiger partial charge in [-0.15, -0.1) is 0 Å². The van der Waals surface area contributed by atoms with E-state index in [1.807, 2.05) is 0 Å². The molecule has 0 saturated heterocycles. The molecule has 0 amide bonds. The Hall–Kier alpha value is -0.120. The van der Waals surface area contributed by atoms with E-state index in [0.717, 1.165) is 32.2 Å². The summed E-state index contributed by atoms with van der Waals surface area (Å²) < 4.78 is 0. The molecular weight excluding hydrogens is 282 g/mol. The van der Waals surface area contributed by atoms with Crippen LogP contribution >= 0.6 is 0 Å². The van der Waals surface area contributed by atoms with Crippen LogP contribution in [0.4, 0.5) is 0 Å². The molecule has 0 aliphatic rings. The van der Waals surface area contributed by atoms with Gasteiger partial charge in [0.2, 0.25) is 0 Å². The fraction of sp³-hybridized carbons (Fsp3) is 1.00. The lowest BCUT2D eigenvalue weighted by Crippen LogP contribution is -2.78. The van der Waals surface area contributed by atoms with Gasteiger partial charge in [0, 0.05) is 24.2 Å². The molecule has 0 rings (SSSR count). The molecule has 0 aromatic heterocycles. The summed E-state index contributed by atoms with van der Waals surface area (Å²) in [6, 6.07) is 0. The van der Waals surface area contributed by atoms with Crippen LogP contribution in [-0.4, -0.2) is 24.2 Å². The van der Waals surface area contributed by atoms with Gasteiger partial charge < -0.3 is 16.8 Å². The van der Waals surface area contributed by atoms with Gasteiger partial charge in [-0.2, -0.15) is 0 Å². The molecule has 0 aliphatic carbocycles. The highest BCUT2D eigenvalue weighted by molar-refractivity contribution is 5.17. The lowest BCUT2D eigenvalue weighted by molar-refractivity contribution is -0.0242. The van der Waals surface area contributed by atoms with Crippen molar-refractivity contribution in [1.82, 2.24) is 5.32 Å². The molecule has 0 heterocycles. The highest BCUT2D eigenvalue weighted by atomic mass is 15.1. The summed E-state index contributed by atoms with van der Waals surface area (Å²) in [7, 11) is 0. The van der Waals surface area contributed by atoms with E-state index in [1.165, 1.54) is 0 Å². The topological polar surface area (TPSA) is 64.1 Å².